The second-order valence-electron chi connectivity index (χ2n) is 8.64. The predicted molar refractivity (Wildman–Crippen MR) is 123 cm³/mol. The average Bonchev–Trinajstić information content (AvgIpc) is 2.80. The molecule has 0 aliphatic heterocycles. The van der Waals surface area contributed by atoms with Crippen LogP contribution in [-0.4, -0.2) is 13.1 Å². The highest BCUT2D eigenvalue weighted by atomic mass is 16.5. The maximum Gasteiger partial charge on any atom is 0.314 e. The van der Waals surface area contributed by atoms with Crippen LogP contribution >= 0.6 is 0 Å². The van der Waals surface area contributed by atoms with Gasteiger partial charge in [-0.2, -0.15) is 0 Å². The van der Waals surface area contributed by atoms with E-state index in [0.29, 0.717) is 19.0 Å². The molecule has 168 valence electrons. The van der Waals surface area contributed by atoms with Crippen molar-refractivity contribution in [2.75, 3.05) is 7.11 Å². The van der Waals surface area contributed by atoms with Crippen molar-refractivity contribution in [2.24, 2.45) is 11.8 Å². The topological polar surface area (TPSA) is 44.8 Å². The second kappa shape index (κ2) is 12.5. The predicted octanol–water partition coefficient (Wildman–Crippen LogP) is 6.70. The number of ether oxygens (including phenoxy) is 3. The largest absolute Gasteiger partial charge is 0.489 e. The van der Waals surface area contributed by atoms with Gasteiger partial charge in [0.1, 0.15) is 18.1 Å². The number of rotatable bonds is 11. The van der Waals surface area contributed by atoms with Gasteiger partial charge in [0.15, 0.2) is 0 Å². The van der Waals surface area contributed by atoms with E-state index < -0.39 is 0 Å². The molecule has 1 aliphatic rings. The number of carbonyl (C=O) groups is 1. The van der Waals surface area contributed by atoms with Crippen molar-refractivity contribution < 1.29 is 19.0 Å². The summed E-state index contributed by atoms with van der Waals surface area (Å²) in [7, 11) is 1.69. The lowest BCUT2D eigenvalue weighted by Gasteiger charge is -2.27. The summed E-state index contributed by atoms with van der Waals surface area (Å²) in [5, 5.41) is 0. The fraction of sp³-hybridized carbons (Fsp3) is 0.519. The van der Waals surface area contributed by atoms with Crippen LogP contribution in [0.2, 0.25) is 0 Å². The second-order valence-corrected chi connectivity index (χ2v) is 8.64. The molecule has 0 radical (unpaired) electrons. The van der Waals surface area contributed by atoms with Crippen LogP contribution in [0.4, 0.5) is 0 Å². The minimum atomic E-state index is -0.0863. The molecule has 0 unspecified atom stereocenters. The van der Waals surface area contributed by atoms with Gasteiger partial charge in [-0.05, 0) is 67.0 Å². The molecule has 4 heteroatoms. The highest BCUT2D eigenvalue weighted by molar-refractivity contribution is 5.75. The standard InChI is InChI=1S/C27H36O4/c1-3-4-5-6-21-11-13-24(14-12-21)27(28)31-26-17-15-25(16-18-26)30-20-23-9-7-22(8-10-23)19-29-2/h7-10,15-18,21,24H,3-6,11-14,19-20H2,1-2H3. The lowest BCUT2D eigenvalue weighted by atomic mass is 9.80. The van der Waals surface area contributed by atoms with Gasteiger partial charge in [0.25, 0.3) is 0 Å². The molecular formula is C27H36O4. The number of hydrogen-bond donors (Lipinski definition) is 0. The Bertz CT molecular complexity index is 774. The molecule has 0 aromatic heterocycles. The average molecular weight is 425 g/mol. The van der Waals surface area contributed by atoms with Gasteiger partial charge >= 0.3 is 5.97 Å². The third-order valence-corrected chi connectivity index (χ3v) is 6.18. The Labute approximate surface area is 186 Å². The number of methoxy groups -OCH3 is 1. The van der Waals surface area contributed by atoms with Gasteiger partial charge in [-0.1, -0.05) is 56.9 Å². The number of benzene rings is 2. The van der Waals surface area contributed by atoms with Crippen molar-refractivity contribution in [3.05, 3.63) is 59.7 Å². The number of unbranched alkanes of at least 4 members (excludes halogenated alkanes) is 2. The molecule has 0 amide bonds. The molecular weight excluding hydrogens is 388 g/mol. The van der Waals surface area contributed by atoms with E-state index in [1.54, 1.807) is 7.11 Å². The molecule has 3 rings (SSSR count). The SMILES string of the molecule is CCCCCC1CCC(C(=O)Oc2ccc(OCc3ccc(COC)cc3)cc2)CC1. The number of hydrogen-bond acceptors (Lipinski definition) is 4. The van der Waals surface area contributed by atoms with Gasteiger partial charge in [-0.3, -0.25) is 4.79 Å². The number of esters is 1. The summed E-state index contributed by atoms with van der Waals surface area (Å²) in [6, 6.07) is 15.5. The molecule has 0 atom stereocenters. The summed E-state index contributed by atoms with van der Waals surface area (Å²) in [5.74, 6) is 2.10. The molecule has 4 nitrogen and oxygen atoms in total. The minimum Gasteiger partial charge on any atom is -0.489 e. The van der Waals surface area contributed by atoms with Crippen LogP contribution < -0.4 is 9.47 Å². The normalized spacial score (nSPS) is 18.5. The Morgan fingerprint density at radius 2 is 1.45 bits per heavy atom. The highest BCUT2D eigenvalue weighted by Crippen LogP contribution is 2.33. The Morgan fingerprint density at radius 1 is 0.839 bits per heavy atom. The zero-order chi connectivity index (χ0) is 21.9. The molecule has 1 fully saturated rings. The zero-order valence-corrected chi connectivity index (χ0v) is 19.0. The van der Waals surface area contributed by atoms with Crippen molar-refractivity contribution in [2.45, 2.75) is 71.5 Å². The van der Waals surface area contributed by atoms with E-state index in [1.807, 2.05) is 48.5 Å². The van der Waals surface area contributed by atoms with Crippen molar-refractivity contribution >= 4 is 5.97 Å². The first-order valence-electron chi connectivity index (χ1n) is 11.7. The van der Waals surface area contributed by atoms with Crippen molar-refractivity contribution in [1.29, 1.82) is 0 Å². The van der Waals surface area contributed by atoms with E-state index in [1.165, 1.54) is 25.7 Å². The first-order valence-corrected chi connectivity index (χ1v) is 11.7. The van der Waals surface area contributed by atoms with Crippen LogP contribution in [0.15, 0.2) is 48.5 Å². The maximum atomic E-state index is 12.5. The summed E-state index contributed by atoms with van der Waals surface area (Å²) >= 11 is 0. The van der Waals surface area contributed by atoms with Crippen LogP contribution in [0.5, 0.6) is 11.5 Å². The molecule has 1 aliphatic carbocycles. The van der Waals surface area contributed by atoms with Gasteiger partial charge in [0.05, 0.1) is 12.5 Å². The van der Waals surface area contributed by atoms with Gasteiger partial charge in [-0.25, -0.2) is 0 Å². The zero-order valence-electron chi connectivity index (χ0n) is 19.0. The van der Waals surface area contributed by atoms with E-state index in [2.05, 4.69) is 6.92 Å². The monoisotopic (exact) mass is 424 g/mol. The Hall–Kier alpha value is -2.33. The van der Waals surface area contributed by atoms with Gasteiger partial charge < -0.3 is 14.2 Å². The van der Waals surface area contributed by atoms with E-state index in [4.69, 9.17) is 14.2 Å². The molecule has 31 heavy (non-hydrogen) atoms. The maximum absolute atomic E-state index is 12.5. The molecule has 0 spiro atoms. The van der Waals surface area contributed by atoms with Gasteiger partial charge in [0, 0.05) is 7.11 Å². The Kier molecular flexibility index (Phi) is 9.41. The van der Waals surface area contributed by atoms with Crippen LogP contribution in [0.1, 0.15) is 69.4 Å². The van der Waals surface area contributed by atoms with Crippen LogP contribution in [0.3, 0.4) is 0 Å². The summed E-state index contributed by atoms with van der Waals surface area (Å²) in [6.07, 6.45) is 9.46. The summed E-state index contributed by atoms with van der Waals surface area (Å²) in [6.45, 7) is 3.35. The lowest BCUT2D eigenvalue weighted by Crippen LogP contribution is -2.25. The van der Waals surface area contributed by atoms with Crippen molar-refractivity contribution in [1.82, 2.24) is 0 Å². The highest BCUT2D eigenvalue weighted by Gasteiger charge is 2.27. The smallest absolute Gasteiger partial charge is 0.314 e. The van der Waals surface area contributed by atoms with E-state index in [-0.39, 0.29) is 11.9 Å². The van der Waals surface area contributed by atoms with Crippen LogP contribution in [-0.2, 0) is 22.7 Å². The molecule has 1 saturated carbocycles. The first kappa shape index (κ1) is 23.3. The first-order chi connectivity index (χ1) is 15.2. The lowest BCUT2D eigenvalue weighted by molar-refractivity contribution is -0.140. The molecule has 0 saturated heterocycles. The third kappa shape index (κ3) is 7.70. The third-order valence-electron chi connectivity index (χ3n) is 6.18. The quantitative estimate of drug-likeness (QED) is 0.229. The van der Waals surface area contributed by atoms with Crippen LogP contribution in [0, 0.1) is 11.8 Å². The molecule has 2 aromatic rings. The molecule has 0 N–H and O–H groups in total. The summed E-state index contributed by atoms with van der Waals surface area (Å²) < 4.78 is 16.6. The van der Waals surface area contributed by atoms with E-state index in [0.717, 1.165) is 48.5 Å². The summed E-state index contributed by atoms with van der Waals surface area (Å²) in [5.41, 5.74) is 2.24. The Morgan fingerprint density at radius 3 is 2.06 bits per heavy atom. The molecule has 2 aromatic carbocycles. The molecule has 0 bridgehead atoms. The van der Waals surface area contributed by atoms with Gasteiger partial charge in [-0.15, -0.1) is 0 Å². The summed E-state index contributed by atoms with van der Waals surface area (Å²) in [4.78, 5) is 12.5. The van der Waals surface area contributed by atoms with Crippen molar-refractivity contribution in [3.8, 4) is 11.5 Å². The molecule has 0 heterocycles. The fourth-order valence-corrected chi connectivity index (χ4v) is 4.24. The van der Waals surface area contributed by atoms with E-state index >= 15 is 0 Å². The minimum absolute atomic E-state index is 0.0411. The fourth-order valence-electron chi connectivity index (χ4n) is 4.24. The Balaban J connectivity index is 1.40. The van der Waals surface area contributed by atoms with Crippen LogP contribution in [0.25, 0.3) is 0 Å². The van der Waals surface area contributed by atoms with Crippen molar-refractivity contribution in [3.63, 3.8) is 0 Å². The number of carbonyl (C=O) groups excluding carboxylic acids is 1. The van der Waals surface area contributed by atoms with Gasteiger partial charge in [0.2, 0.25) is 0 Å². The van der Waals surface area contributed by atoms with E-state index in [9.17, 15) is 4.79 Å².